The van der Waals surface area contributed by atoms with Gasteiger partial charge in [0.2, 0.25) is 0 Å². The van der Waals surface area contributed by atoms with E-state index >= 15 is 0 Å². The molecular formula is C20H22ClNO7S. The van der Waals surface area contributed by atoms with Gasteiger partial charge in [-0.25, -0.2) is 18.0 Å². The van der Waals surface area contributed by atoms with E-state index in [0.29, 0.717) is 11.5 Å². The van der Waals surface area contributed by atoms with Crippen LogP contribution in [0.3, 0.4) is 0 Å². The predicted octanol–water partition coefficient (Wildman–Crippen LogP) is 4.00. The maximum absolute atomic E-state index is 11.8. The zero-order valence-electron chi connectivity index (χ0n) is 16.9. The predicted molar refractivity (Wildman–Crippen MR) is 112 cm³/mol. The second-order valence-electron chi connectivity index (χ2n) is 7.43. The molecule has 1 aromatic carbocycles. The average Bonchev–Trinajstić information content (AvgIpc) is 3.03. The number of aromatic carboxylic acids is 1. The minimum absolute atomic E-state index is 0.0922. The van der Waals surface area contributed by atoms with Gasteiger partial charge in [0.05, 0.1) is 27.7 Å². The molecule has 0 unspecified atom stereocenters. The summed E-state index contributed by atoms with van der Waals surface area (Å²) in [5.41, 5.74) is -0.700. The molecule has 0 saturated heterocycles. The normalized spacial score (nSPS) is 12.2. The Labute approximate surface area is 179 Å². The second-order valence-corrected chi connectivity index (χ2v) is 9.82. The first-order chi connectivity index (χ1) is 13.8. The number of hydrogen-bond donors (Lipinski definition) is 2. The third-order valence-corrected chi connectivity index (χ3v) is 5.19. The Morgan fingerprint density at radius 2 is 1.93 bits per heavy atom. The maximum Gasteiger partial charge on any atom is 0.337 e. The molecule has 1 aromatic heterocycles. The Balaban J connectivity index is 2.14. The molecule has 10 heteroatoms. The molecule has 2 N–H and O–H groups in total. The van der Waals surface area contributed by atoms with Crippen LogP contribution in [0.15, 0.2) is 39.7 Å². The first-order valence-electron chi connectivity index (χ1n) is 8.77. The van der Waals surface area contributed by atoms with Gasteiger partial charge in [-0.2, -0.15) is 0 Å². The summed E-state index contributed by atoms with van der Waals surface area (Å²) in [5.74, 6) is -0.954. The first kappa shape index (κ1) is 23.5. The minimum Gasteiger partial charge on any atom is -0.478 e. The molecule has 0 atom stereocenters. The summed E-state index contributed by atoms with van der Waals surface area (Å²) in [7, 11) is -3.68. The van der Waals surface area contributed by atoms with Crippen molar-refractivity contribution < 1.29 is 32.3 Å². The fraction of sp³-hybridized carbons (Fsp3) is 0.300. The lowest BCUT2D eigenvalue weighted by Gasteiger charge is -2.17. The largest absolute Gasteiger partial charge is 0.478 e. The van der Waals surface area contributed by atoms with E-state index in [-0.39, 0.29) is 27.7 Å². The van der Waals surface area contributed by atoms with Crippen molar-refractivity contribution in [2.45, 2.75) is 37.8 Å². The number of carbonyl (C=O) groups is 2. The molecule has 8 nitrogen and oxygen atoms in total. The zero-order chi connectivity index (χ0) is 22.7. The standard InChI is InChI=1S/C20H22ClNO7S/c1-20(2,3)29-18(23)8-7-12-5-6-13(28-12)11-22-16-10-15(21)17(30(4,26)27)9-14(16)19(24)25/h5-10,22H,11H2,1-4H3,(H,24,25)/b8-7+. The molecule has 30 heavy (non-hydrogen) atoms. The third kappa shape index (κ3) is 6.64. The van der Waals surface area contributed by atoms with Crippen molar-refractivity contribution in [2.24, 2.45) is 0 Å². The van der Waals surface area contributed by atoms with Crippen LogP contribution in [-0.4, -0.2) is 37.3 Å². The van der Waals surface area contributed by atoms with Crippen LogP contribution in [0.4, 0.5) is 5.69 Å². The first-order valence-corrected chi connectivity index (χ1v) is 11.0. The van der Waals surface area contributed by atoms with E-state index in [4.69, 9.17) is 20.8 Å². The van der Waals surface area contributed by atoms with Crippen LogP contribution >= 0.6 is 11.6 Å². The van der Waals surface area contributed by atoms with Gasteiger partial charge < -0.3 is 19.6 Å². The van der Waals surface area contributed by atoms with Gasteiger partial charge in [0.25, 0.3) is 0 Å². The van der Waals surface area contributed by atoms with Gasteiger partial charge in [0.15, 0.2) is 9.84 Å². The highest BCUT2D eigenvalue weighted by molar-refractivity contribution is 7.90. The number of sulfone groups is 1. The number of rotatable bonds is 7. The number of furan rings is 1. The van der Waals surface area contributed by atoms with E-state index in [9.17, 15) is 23.1 Å². The van der Waals surface area contributed by atoms with Crippen LogP contribution in [0, 0.1) is 0 Å². The SMILES string of the molecule is CC(C)(C)OC(=O)/C=C/c1ccc(CNc2cc(Cl)c(S(C)(=O)=O)cc2C(=O)O)o1. The number of anilines is 1. The van der Waals surface area contributed by atoms with E-state index in [1.54, 1.807) is 32.9 Å². The summed E-state index contributed by atoms with van der Waals surface area (Å²) in [6, 6.07) is 5.54. The number of nitrogens with one attached hydrogen (secondary N) is 1. The van der Waals surface area contributed by atoms with Crippen LogP contribution in [0.25, 0.3) is 6.08 Å². The molecule has 0 saturated carbocycles. The van der Waals surface area contributed by atoms with E-state index in [2.05, 4.69) is 5.32 Å². The summed E-state index contributed by atoms with van der Waals surface area (Å²) >= 11 is 6.00. The van der Waals surface area contributed by atoms with E-state index in [0.717, 1.165) is 12.3 Å². The molecular weight excluding hydrogens is 434 g/mol. The number of esters is 1. The summed E-state index contributed by atoms with van der Waals surface area (Å²) in [6.45, 7) is 5.38. The number of halogens is 1. The summed E-state index contributed by atoms with van der Waals surface area (Å²) in [6.07, 6.45) is 3.65. The van der Waals surface area contributed by atoms with Gasteiger partial charge in [-0.15, -0.1) is 0 Å². The number of benzene rings is 1. The number of hydrogen-bond acceptors (Lipinski definition) is 7. The topological polar surface area (TPSA) is 123 Å². The average molecular weight is 456 g/mol. The van der Waals surface area contributed by atoms with Crippen LogP contribution in [0.5, 0.6) is 0 Å². The van der Waals surface area contributed by atoms with Crippen molar-refractivity contribution in [1.82, 2.24) is 0 Å². The van der Waals surface area contributed by atoms with Crippen molar-refractivity contribution in [1.29, 1.82) is 0 Å². The monoisotopic (exact) mass is 455 g/mol. The van der Waals surface area contributed by atoms with Gasteiger partial charge in [-0.05, 0) is 51.1 Å². The fourth-order valence-corrected chi connectivity index (χ4v) is 3.74. The molecule has 2 rings (SSSR count). The van der Waals surface area contributed by atoms with Crippen molar-refractivity contribution in [3.05, 3.63) is 52.4 Å². The van der Waals surface area contributed by atoms with Crippen molar-refractivity contribution in [3.8, 4) is 0 Å². The molecule has 1 heterocycles. The minimum atomic E-state index is -3.68. The van der Waals surface area contributed by atoms with E-state index in [1.807, 2.05) is 0 Å². The molecule has 0 bridgehead atoms. The Kier molecular flexibility index (Phi) is 6.99. The fourth-order valence-electron chi connectivity index (χ4n) is 2.41. The summed E-state index contributed by atoms with van der Waals surface area (Å²) < 4.78 is 34.2. The molecule has 162 valence electrons. The van der Waals surface area contributed by atoms with Crippen LogP contribution < -0.4 is 5.32 Å². The molecule has 0 spiro atoms. The highest BCUT2D eigenvalue weighted by Gasteiger charge is 2.20. The molecule has 0 aliphatic rings. The quantitative estimate of drug-likeness (QED) is 0.474. The third-order valence-electron chi connectivity index (χ3n) is 3.63. The van der Waals surface area contributed by atoms with Gasteiger partial charge in [0, 0.05) is 12.3 Å². The zero-order valence-corrected chi connectivity index (χ0v) is 18.4. The van der Waals surface area contributed by atoms with Crippen molar-refractivity contribution in [3.63, 3.8) is 0 Å². The number of ether oxygens (including phenoxy) is 1. The maximum atomic E-state index is 11.8. The van der Waals surface area contributed by atoms with Gasteiger partial charge >= 0.3 is 11.9 Å². The lowest BCUT2D eigenvalue weighted by Crippen LogP contribution is -2.22. The Morgan fingerprint density at radius 3 is 2.50 bits per heavy atom. The summed E-state index contributed by atoms with van der Waals surface area (Å²) in [4.78, 5) is 23.0. The Morgan fingerprint density at radius 1 is 1.27 bits per heavy atom. The van der Waals surface area contributed by atoms with E-state index < -0.39 is 27.4 Å². The van der Waals surface area contributed by atoms with Gasteiger partial charge in [-0.3, -0.25) is 0 Å². The highest BCUT2D eigenvalue weighted by Crippen LogP contribution is 2.29. The number of carbonyl (C=O) groups excluding carboxylic acids is 1. The number of carboxylic acid groups (broad SMARTS) is 1. The Hall–Kier alpha value is -2.78. The van der Waals surface area contributed by atoms with Crippen molar-refractivity contribution in [2.75, 3.05) is 11.6 Å². The highest BCUT2D eigenvalue weighted by atomic mass is 35.5. The summed E-state index contributed by atoms with van der Waals surface area (Å²) in [5, 5.41) is 12.2. The molecule has 0 amide bonds. The lowest BCUT2D eigenvalue weighted by molar-refractivity contribution is -0.148. The molecule has 2 aromatic rings. The molecule has 0 aliphatic carbocycles. The van der Waals surface area contributed by atoms with Crippen LogP contribution in [0.1, 0.15) is 42.6 Å². The smallest absolute Gasteiger partial charge is 0.337 e. The Bertz CT molecular complexity index is 1090. The molecule has 0 radical (unpaired) electrons. The molecule has 0 fully saturated rings. The van der Waals surface area contributed by atoms with E-state index in [1.165, 1.54) is 18.2 Å². The number of carboxylic acids is 1. The van der Waals surface area contributed by atoms with Crippen LogP contribution in [0.2, 0.25) is 5.02 Å². The van der Waals surface area contributed by atoms with Crippen molar-refractivity contribution >= 4 is 45.1 Å². The van der Waals surface area contributed by atoms with Gasteiger partial charge in [0.1, 0.15) is 17.1 Å². The lowest BCUT2D eigenvalue weighted by atomic mass is 10.1. The van der Waals surface area contributed by atoms with Crippen LogP contribution in [-0.2, 0) is 25.9 Å². The second kappa shape index (κ2) is 8.93. The van der Waals surface area contributed by atoms with Gasteiger partial charge in [-0.1, -0.05) is 11.6 Å². The molecule has 0 aliphatic heterocycles.